The number of rotatable bonds is 7. The number of benzene rings is 1. The molecule has 5 heteroatoms. The van der Waals surface area contributed by atoms with Crippen LogP contribution in [0.1, 0.15) is 48.2 Å². The minimum atomic E-state index is -0.754. The van der Waals surface area contributed by atoms with E-state index in [-0.39, 0.29) is 18.2 Å². The van der Waals surface area contributed by atoms with E-state index in [0.29, 0.717) is 25.1 Å². The van der Waals surface area contributed by atoms with Gasteiger partial charge in [-0.15, -0.1) is 0 Å². The molecule has 0 bridgehead atoms. The Morgan fingerprint density at radius 3 is 2.83 bits per heavy atom. The highest BCUT2D eigenvalue weighted by Gasteiger charge is 2.26. The van der Waals surface area contributed by atoms with E-state index in [1.165, 1.54) is 0 Å². The van der Waals surface area contributed by atoms with Crippen molar-refractivity contribution in [3.05, 3.63) is 35.6 Å². The maximum absolute atomic E-state index is 12.6. The van der Waals surface area contributed by atoms with Gasteiger partial charge in [-0.25, -0.2) is 0 Å². The second-order valence-corrected chi connectivity index (χ2v) is 6.49. The first-order valence-corrected chi connectivity index (χ1v) is 8.53. The number of nitrogens with zero attached hydrogens (tertiary/aromatic N) is 1. The molecule has 1 unspecified atom stereocenters. The molecular formula is C19H23NO4. The smallest absolute Gasteiger partial charge is 0.303 e. The highest BCUT2D eigenvalue weighted by atomic mass is 16.4. The number of hydrogen-bond donors (Lipinski definition) is 1. The summed E-state index contributed by atoms with van der Waals surface area (Å²) in [6, 6.07) is 7.97. The van der Waals surface area contributed by atoms with Gasteiger partial charge in [0, 0.05) is 36.4 Å². The lowest BCUT2D eigenvalue weighted by atomic mass is 10.1. The van der Waals surface area contributed by atoms with Gasteiger partial charge in [0.15, 0.2) is 11.5 Å². The minimum Gasteiger partial charge on any atom is -0.481 e. The normalized spacial score (nSPS) is 18.3. The molecule has 1 aromatic carbocycles. The molecule has 1 N–H and O–H groups in total. The van der Waals surface area contributed by atoms with E-state index < -0.39 is 5.97 Å². The largest absolute Gasteiger partial charge is 0.481 e. The number of likely N-dealkylation sites (tertiary alicyclic amines) is 1. The highest BCUT2D eigenvalue weighted by molar-refractivity contribution is 6.00. The summed E-state index contributed by atoms with van der Waals surface area (Å²) in [5.41, 5.74) is 1.65. The second-order valence-electron chi connectivity index (χ2n) is 6.49. The van der Waals surface area contributed by atoms with Gasteiger partial charge >= 0.3 is 5.97 Å². The lowest BCUT2D eigenvalue weighted by Crippen LogP contribution is -2.32. The fourth-order valence-corrected chi connectivity index (χ4v) is 3.61. The average Bonchev–Trinajstić information content (AvgIpc) is 3.15. The SMILES string of the molecule is Cc1c(C(=O)CCN2CCCC2CCC(=O)O)oc2ccccc12. The molecule has 2 aromatic rings. The van der Waals surface area contributed by atoms with Gasteiger partial charge in [-0.1, -0.05) is 18.2 Å². The molecule has 1 atom stereocenters. The summed E-state index contributed by atoms with van der Waals surface area (Å²) in [6.45, 7) is 3.53. The second kappa shape index (κ2) is 7.18. The van der Waals surface area contributed by atoms with Crippen molar-refractivity contribution in [1.82, 2.24) is 4.90 Å². The van der Waals surface area contributed by atoms with Gasteiger partial charge in [-0.2, -0.15) is 0 Å². The van der Waals surface area contributed by atoms with E-state index in [1.54, 1.807) is 0 Å². The van der Waals surface area contributed by atoms with Crippen molar-refractivity contribution < 1.29 is 19.1 Å². The lowest BCUT2D eigenvalue weighted by Gasteiger charge is -2.23. The van der Waals surface area contributed by atoms with Crippen molar-refractivity contribution in [2.45, 2.75) is 45.1 Å². The number of carbonyl (C=O) groups excluding carboxylic acids is 1. The van der Waals surface area contributed by atoms with E-state index in [4.69, 9.17) is 9.52 Å². The Morgan fingerprint density at radius 2 is 2.08 bits per heavy atom. The molecule has 0 spiro atoms. The van der Waals surface area contributed by atoms with Crippen molar-refractivity contribution >= 4 is 22.7 Å². The van der Waals surface area contributed by atoms with Crippen LogP contribution in [0.3, 0.4) is 0 Å². The maximum Gasteiger partial charge on any atom is 0.303 e. The van der Waals surface area contributed by atoms with Gasteiger partial charge in [-0.05, 0) is 38.8 Å². The quantitative estimate of drug-likeness (QED) is 0.785. The third-order valence-corrected chi connectivity index (χ3v) is 4.91. The zero-order chi connectivity index (χ0) is 17.1. The number of carboxylic acid groups (broad SMARTS) is 1. The van der Waals surface area contributed by atoms with E-state index in [9.17, 15) is 9.59 Å². The Balaban J connectivity index is 1.62. The van der Waals surface area contributed by atoms with Gasteiger partial charge in [0.25, 0.3) is 0 Å². The lowest BCUT2D eigenvalue weighted by molar-refractivity contribution is -0.137. The van der Waals surface area contributed by atoms with Gasteiger partial charge < -0.3 is 9.52 Å². The summed E-state index contributed by atoms with van der Waals surface area (Å²) in [6.07, 6.45) is 3.35. The Labute approximate surface area is 141 Å². The number of carboxylic acids is 1. The first kappa shape index (κ1) is 16.7. The van der Waals surface area contributed by atoms with E-state index in [2.05, 4.69) is 4.90 Å². The topological polar surface area (TPSA) is 70.8 Å². The molecule has 1 fully saturated rings. The molecule has 0 amide bonds. The molecule has 24 heavy (non-hydrogen) atoms. The summed E-state index contributed by atoms with van der Waals surface area (Å²) in [7, 11) is 0. The van der Waals surface area contributed by atoms with Gasteiger partial charge in [0.2, 0.25) is 0 Å². The van der Waals surface area contributed by atoms with Crippen molar-refractivity contribution in [3.8, 4) is 0 Å². The number of carbonyl (C=O) groups is 2. The number of fused-ring (bicyclic) bond motifs is 1. The third kappa shape index (κ3) is 3.51. The first-order valence-electron chi connectivity index (χ1n) is 8.53. The van der Waals surface area contributed by atoms with Crippen LogP contribution in [0.25, 0.3) is 11.0 Å². The van der Waals surface area contributed by atoms with Crippen LogP contribution in [0.15, 0.2) is 28.7 Å². The Morgan fingerprint density at radius 1 is 1.29 bits per heavy atom. The predicted molar refractivity (Wildman–Crippen MR) is 91.4 cm³/mol. The van der Waals surface area contributed by atoms with Crippen molar-refractivity contribution in [2.24, 2.45) is 0 Å². The van der Waals surface area contributed by atoms with Crippen molar-refractivity contribution in [1.29, 1.82) is 0 Å². The molecule has 5 nitrogen and oxygen atoms in total. The number of aliphatic carboxylic acids is 1. The monoisotopic (exact) mass is 329 g/mol. The average molecular weight is 329 g/mol. The predicted octanol–water partition coefficient (Wildman–Crippen LogP) is 3.64. The number of ketones is 1. The highest BCUT2D eigenvalue weighted by Crippen LogP contribution is 2.27. The molecule has 1 aliphatic heterocycles. The van der Waals surface area contributed by atoms with Crippen LogP contribution >= 0.6 is 0 Å². The number of para-hydroxylation sites is 1. The number of furan rings is 1. The minimum absolute atomic E-state index is 0.0209. The van der Waals surface area contributed by atoms with Gasteiger partial charge in [0.05, 0.1) is 0 Å². The van der Waals surface area contributed by atoms with Gasteiger partial charge in [0.1, 0.15) is 5.58 Å². The summed E-state index contributed by atoms with van der Waals surface area (Å²) in [5.74, 6) is -0.277. The van der Waals surface area contributed by atoms with E-state index >= 15 is 0 Å². The van der Waals surface area contributed by atoms with Crippen LogP contribution < -0.4 is 0 Å². The summed E-state index contributed by atoms with van der Waals surface area (Å²) >= 11 is 0. The summed E-state index contributed by atoms with van der Waals surface area (Å²) in [5, 5.41) is 9.83. The Hall–Kier alpha value is -2.14. The number of Topliss-reactive ketones (excluding diaryl/α,β-unsaturated/α-hetero) is 1. The maximum atomic E-state index is 12.6. The van der Waals surface area contributed by atoms with Crippen molar-refractivity contribution in [2.75, 3.05) is 13.1 Å². The zero-order valence-corrected chi connectivity index (χ0v) is 14.0. The van der Waals surface area contributed by atoms with E-state index in [0.717, 1.165) is 35.9 Å². The summed E-state index contributed by atoms with van der Waals surface area (Å²) in [4.78, 5) is 25.6. The molecule has 2 heterocycles. The molecule has 1 aliphatic rings. The fourth-order valence-electron chi connectivity index (χ4n) is 3.61. The van der Waals surface area contributed by atoms with Crippen LogP contribution in [0.2, 0.25) is 0 Å². The number of aryl methyl sites for hydroxylation is 1. The Kier molecular flexibility index (Phi) is 5.00. The molecule has 0 radical (unpaired) electrons. The first-order chi connectivity index (χ1) is 11.6. The van der Waals surface area contributed by atoms with Crippen LogP contribution in [0.5, 0.6) is 0 Å². The molecule has 1 aromatic heterocycles. The van der Waals surface area contributed by atoms with Crippen LogP contribution in [-0.4, -0.2) is 40.9 Å². The van der Waals surface area contributed by atoms with E-state index in [1.807, 2.05) is 31.2 Å². The molecule has 128 valence electrons. The molecular weight excluding hydrogens is 306 g/mol. The standard InChI is InChI=1S/C19H23NO4/c1-13-15-6-2-3-7-17(15)24-19(13)16(21)10-12-20-11-4-5-14(20)8-9-18(22)23/h2-3,6-7,14H,4-5,8-12H2,1H3,(H,22,23). The van der Waals surface area contributed by atoms with Crippen LogP contribution in [0, 0.1) is 6.92 Å². The van der Waals surface area contributed by atoms with Crippen molar-refractivity contribution in [3.63, 3.8) is 0 Å². The molecule has 0 aliphatic carbocycles. The third-order valence-electron chi connectivity index (χ3n) is 4.91. The fraction of sp³-hybridized carbons (Fsp3) is 0.474. The molecule has 0 saturated carbocycles. The zero-order valence-electron chi connectivity index (χ0n) is 14.0. The molecule has 3 rings (SSSR count). The number of hydrogen-bond acceptors (Lipinski definition) is 4. The summed E-state index contributed by atoms with van der Waals surface area (Å²) < 4.78 is 5.74. The Bertz CT molecular complexity index is 749. The molecule has 1 saturated heterocycles. The van der Waals surface area contributed by atoms with Gasteiger partial charge in [-0.3, -0.25) is 14.5 Å². The van der Waals surface area contributed by atoms with Crippen LogP contribution in [-0.2, 0) is 4.79 Å². The van der Waals surface area contributed by atoms with Crippen LogP contribution in [0.4, 0.5) is 0 Å².